The van der Waals surface area contributed by atoms with Gasteiger partial charge in [-0.05, 0) is 24.6 Å². The van der Waals surface area contributed by atoms with Gasteiger partial charge in [-0.15, -0.1) is 0 Å². The lowest BCUT2D eigenvalue weighted by Crippen LogP contribution is -2.13. The Kier molecular flexibility index (Phi) is 2.88. The summed E-state index contributed by atoms with van der Waals surface area (Å²) < 4.78 is 2.01. The van der Waals surface area contributed by atoms with Crippen molar-refractivity contribution in [2.75, 3.05) is 0 Å². The zero-order valence-electron chi connectivity index (χ0n) is 8.75. The van der Waals surface area contributed by atoms with Crippen LogP contribution in [0.3, 0.4) is 0 Å². The summed E-state index contributed by atoms with van der Waals surface area (Å²) in [6.45, 7) is 2.01. The van der Waals surface area contributed by atoms with E-state index in [-0.39, 0.29) is 6.04 Å². The van der Waals surface area contributed by atoms with Gasteiger partial charge in [0.25, 0.3) is 0 Å². The maximum absolute atomic E-state index is 10.1. The molecule has 0 bridgehead atoms. The average Bonchev–Trinajstić information content (AvgIpc) is 2.82. The normalized spacial score (nSPS) is 14.8. The largest absolute Gasteiger partial charge is 0.386 e. The molecule has 1 aromatic carbocycles. The van der Waals surface area contributed by atoms with Gasteiger partial charge in [0.1, 0.15) is 0 Å². The summed E-state index contributed by atoms with van der Waals surface area (Å²) in [5, 5.41) is 10.1. The second-order valence-corrected chi connectivity index (χ2v) is 3.73. The predicted octanol–water partition coefficient (Wildman–Crippen LogP) is 2.78. The van der Waals surface area contributed by atoms with Gasteiger partial charge in [-0.2, -0.15) is 0 Å². The molecule has 0 aliphatic rings. The monoisotopic (exact) mass is 201 g/mol. The highest BCUT2D eigenvalue weighted by molar-refractivity contribution is 5.18. The molecule has 2 heteroatoms. The van der Waals surface area contributed by atoms with E-state index in [1.807, 2.05) is 66.3 Å². The number of hydrogen-bond acceptors (Lipinski definition) is 1. The van der Waals surface area contributed by atoms with E-state index in [2.05, 4.69) is 0 Å². The molecule has 2 aromatic rings. The first-order valence-electron chi connectivity index (χ1n) is 5.14. The summed E-state index contributed by atoms with van der Waals surface area (Å²) in [7, 11) is 0. The quantitative estimate of drug-likeness (QED) is 0.811. The molecule has 0 aliphatic carbocycles. The summed E-state index contributed by atoms with van der Waals surface area (Å²) in [6.07, 6.45) is 3.48. The molecule has 0 radical (unpaired) electrons. The van der Waals surface area contributed by atoms with Gasteiger partial charge in [0.15, 0.2) is 0 Å². The Bertz CT molecular complexity index is 394. The topological polar surface area (TPSA) is 25.2 Å². The first-order chi connectivity index (χ1) is 7.29. The Labute approximate surface area is 89.8 Å². The van der Waals surface area contributed by atoms with E-state index in [0.717, 1.165) is 5.56 Å². The van der Waals surface area contributed by atoms with Crippen LogP contribution >= 0.6 is 0 Å². The molecule has 15 heavy (non-hydrogen) atoms. The van der Waals surface area contributed by atoms with Crippen molar-refractivity contribution in [3.05, 3.63) is 60.4 Å². The zero-order valence-corrected chi connectivity index (χ0v) is 8.75. The average molecular weight is 201 g/mol. The van der Waals surface area contributed by atoms with Crippen molar-refractivity contribution < 1.29 is 5.11 Å². The molecular weight excluding hydrogens is 186 g/mol. The molecule has 0 fully saturated rings. The van der Waals surface area contributed by atoms with Crippen LogP contribution in [-0.4, -0.2) is 9.67 Å². The van der Waals surface area contributed by atoms with Gasteiger partial charge in [0, 0.05) is 12.4 Å². The molecule has 2 atom stereocenters. The van der Waals surface area contributed by atoms with Crippen LogP contribution in [0, 0.1) is 0 Å². The van der Waals surface area contributed by atoms with E-state index in [1.165, 1.54) is 0 Å². The minimum absolute atomic E-state index is 0.0578. The van der Waals surface area contributed by atoms with Crippen LogP contribution in [-0.2, 0) is 0 Å². The van der Waals surface area contributed by atoms with E-state index in [0.29, 0.717) is 0 Å². The van der Waals surface area contributed by atoms with Gasteiger partial charge in [-0.25, -0.2) is 0 Å². The van der Waals surface area contributed by atoms with E-state index >= 15 is 0 Å². The molecule has 1 heterocycles. The van der Waals surface area contributed by atoms with Crippen molar-refractivity contribution in [2.45, 2.75) is 19.1 Å². The molecule has 2 nitrogen and oxygen atoms in total. The van der Waals surface area contributed by atoms with Crippen molar-refractivity contribution in [1.82, 2.24) is 4.57 Å². The van der Waals surface area contributed by atoms with Gasteiger partial charge in [-0.1, -0.05) is 30.3 Å². The lowest BCUT2D eigenvalue weighted by molar-refractivity contribution is 0.122. The Balaban J connectivity index is 2.18. The highest BCUT2D eigenvalue weighted by Crippen LogP contribution is 2.25. The molecule has 0 unspecified atom stereocenters. The van der Waals surface area contributed by atoms with Gasteiger partial charge >= 0.3 is 0 Å². The molecule has 78 valence electrons. The number of aliphatic hydroxyl groups excluding tert-OH is 1. The summed E-state index contributed by atoms with van der Waals surface area (Å²) >= 11 is 0. The summed E-state index contributed by atoms with van der Waals surface area (Å²) in [5.41, 5.74) is 0.957. The Morgan fingerprint density at radius 2 is 1.60 bits per heavy atom. The molecule has 0 spiro atoms. The fourth-order valence-electron chi connectivity index (χ4n) is 1.71. The van der Waals surface area contributed by atoms with Crippen molar-refractivity contribution in [3.8, 4) is 0 Å². The van der Waals surface area contributed by atoms with Crippen molar-refractivity contribution >= 4 is 0 Å². The van der Waals surface area contributed by atoms with Gasteiger partial charge in [0.2, 0.25) is 0 Å². The highest BCUT2D eigenvalue weighted by atomic mass is 16.3. The summed E-state index contributed by atoms with van der Waals surface area (Å²) in [5.74, 6) is 0. The van der Waals surface area contributed by atoms with Gasteiger partial charge < -0.3 is 9.67 Å². The molecule has 0 aliphatic heterocycles. The van der Waals surface area contributed by atoms with Crippen LogP contribution in [0.1, 0.15) is 24.6 Å². The fourth-order valence-corrected chi connectivity index (χ4v) is 1.71. The lowest BCUT2D eigenvalue weighted by atomic mass is 10.0. The van der Waals surface area contributed by atoms with E-state index in [4.69, 9.17) is 0 Å². The third-order valence-electron chi connectivity index (χ3n) is 2.70. The van der Waals surface area contributed by atoms with Gasteiger partial charge in [-0.3, -0.25) is 0 Å². The maximum Gasteiger partial charge on any atom is 0.0994 e. The van der Waals surface area contributed by atoms with Crippen molar-refractivity contribution in [3.63, 3.8) is 0 Å². The second kappa shape index (κ2) is 4.32. The minimum Gasteiger partial charge on any atom is -0.386 e. The number of aliphatic hydroxyl groups is 1. The van der Waals surface area contributed by atoms with E-state index < -0.39 is 6.10 Å². The summed E-state index contributed by atoms with van der Waals surface area (Å²) in [6, 6.07) is 13.7. The van der Waals surface area contributed by atoms with Crippen molar-refractivity contribution in [1.29, 1.82) is 0 Å². The molecule has 2 rings (SSSR count). The first kappa shape index (κ1) is 9.99. The fraction of sp³-hybridized carbons (Fsp3) is 0.231. The predicted molar refractivity (Wildman–Crippen MR) is 60.5 cm³/mol. The Hall–Kier alpha value is -1.54. The van der Waals surface area contributed by atoms with E-state index in [9.17, 15) is 5.11 Å². The zero-order chi connectivity index (χ0) is 10.7. The molecule has 1 aromatic heterocycles. The van der Waals surface area contributed by atoms with Crippen LogP contribution in [0.5, 0.6) is 0 Å². The third-order valence-corrected chi connectivity index (χ3v) is 2.70. The van der Waals surface area contributed by atoms with Crippen LogP contribution < -0.4 is 0 Å². The number of nitrogens with zero attached hydrogens (tertiary/aromatic N) is 1. The smallest absolute Gasteiger partial charge is 0.0994 e. The molecule has 0 amide bonds. The highest BCUT2D eigenvalue weighted by Gasteiger charge is 2.16. The van der Waals surface area contributed by atoms with Gasteiger partial charge in [0.05, 0.1) is 12.1 Å². The minimum atomic E-state index is -0.460. The van der Waals surface area contributed by atoms with Crippen molar-refractivity contribution in [2.24, 2.45) is 0 Å². The Morgan fingerprint density at radius 3 is 2.20 bits per heavy atom. The van der Waals surface area contributed by atoms with Crippen LogP contribution in [0.4, 0.5) is 0 Å². The second-order valence-electron chi connectivity index (χ2n) is 3.73. The summed E-state index contributed by atoms with van der Waals surface area (Å²) in [4.78, 5) is 0. The number of benzene rings is 1. The van der Waals surface area contributed by atoms with Crippen LogP contribution in [0.2, 0.25) is 0 Å². The third kappa shape index (κ3) is 2.10. The maximum atomic E-state index is 10.1. The standard InChI is InChI=1S/C13H15NO/c1-11(14-9-5-6-10-14)13(15)12-7-3-2-4-8-12/h2-11,13,15H,1H3/t11-,13-/m1/s1. The molecule has 0 saturated carbocycles. The molecule has 1 N–H and O–H groups in total. The van der Waals surface area contributed by atoms with E-state index in [1.54, 1.807) is 0 Å². The number of rotatable bonds is 3. The van der Waals surface area contributed by atoms with Crippen LogP contribution in [0.15, 0.2) is 54.9 Å². The first-order valence-corrected chi connectivity index (χ1v) is 5.14. The number of aromatic nitrogens is 1. The Morgan fingerprint density at radius 1 is 1.00 bits per heavy atom. The SMILES string of the molecule is C[C@H]([C@@H](O)c1ccccc1)n1cccc1. The lowest BCUT2D eigenvalue weighted by Gasteiger charge is -2.20. The number of hydrogen-bond donors (Lipinski definition) is 1. The van der Waals surface area contributed by atoms with Crippen LogP contribution in [0.25, 0.3) is 0 Å². The molecule has 0 saturated heterocycles. The molecular formula is C13H15NO.